The summed E-state index contributed by atoms with van der Waals surface area (Å²) in [7, 11) is 0. The number of aromatic nitrogens is 1. The second-order valence-electron chi connectivity index (χ2n) is 8.06. The first kappa shape index (κ1) is 19.0. The molecule has 1 unspecified atom stereocenters. The van der Waals surface area contributed by atoms with Gasteiger partial charge in [-0.1, -0.05) is 6.07 Å². The zero-order valence-corrected chi connectivity index (χ0v) is 17.8. The fourth-order valence-corrected chi connectivity index (χ4v) is 5.00. The third-order valence-electron chi connectivity index (χ3n) is 6.07. The maximum absolute atomic E-state index is 10.4. The average Bonchev–Trinajstić information content (AvgIpc) is 3.19. The van der Waals surface area contributed by atoms with Gasteiger partial charge in [0.1, 0.15) is 17.1 Å². The maximum Gasteiger partial charge on any atom is 0.127 e. The molecule has 0 saturated carbocycles. The summed E-state index contributed by atoms with van der Waals surface area (Å²) >= 11 is 1.82. The van der Waals surface area contributed by atoms with Crippen molar-refractivity contribution < 1.29 is 9.84 Å². The number of benzene rings is 1. The second kappa shape index (κ2) is 7.25. The SMILES string of the molecule is Cc1c(C)c2c(c(C)c1O)CCC(C)(CCc1ccc(-c3ccccn3)s1)O2. The molecule has 0 spiro atoms. The number of hydrogen-bond donors (Lipinski definition) is 1. The first-order valence-electron chi connectivity index (χ1n) is 9.89. The fourth-order valence-electron chi connectivity index (χ4n) is 4.02. The summed E-state index contributed by atoms with van der Waals surface area (Å²) < 4.78 is 6.56. The van der Waals surface area contributed by atoms with Crippen molar-refractivity contribution in [2.24, 2.45) is 0 Å². The van der Waals surface area contributed by atoms with Crippen LogP contribution in [0.4, 0.5) is 0 Å². The molecular weight excluding hydrogens is 366 g/mol. The summed E-state index contributed by atoms with van der Waals surface area (Å²) in [6.45, 7) is 8.24. The molecule has 28 heavy (non-hydrogen) atoms. The molecule has 0 radical (unpaired) electrons. The lowest BCUT2D eigenvalue weighted by molar-refractivity contribution is 0.0554. The Morgan fingerprint density at radius 2 is 1.93 bits per heavy atom. The van der Waals surface area contributed by atoms with E-state index in [1.807, 2.05) is 43.5 Å². The number of hydrogen-bond acceptors (Lipinski definition) is 4. The highest BCUT2D eigenvalue weighted by Gasteiger charge is 2.34. The Balaban J connectivity index is 1.50. The smallest absolute Gasteiger partial charge is 0.127 e. The van der Waals surface area contributed by atoms with Gasteiger partial charge in [0.05, 0.1) is 10.6 Å². The van der Waals surface area contributed by atoms with E-state index >= 15 is 0 Å². The summed E-state index contributed by atoms with van der Waals surface area (Å²) in [5, 5.41) is 10.4. The Hall–Kier alpha value is -2.33. The van der Waals surface area contributed by atoms with Gasteiger partial charge in [0.2, 0.25) is 0 Å². The molecule has 3 heterocycles. The van der Waals surface area contributed by atoms with Gasteiger partial charge in [-0.05, 0) is 94.3 Å². The van der Waals surface area contributed by atoms with Gasteiger partial charge in [-0.15, -0.1) is 11.3 Å². The van der Waals surface area contributed by atoms with Crippen LogP contribution in [0.3, 0.4) is 0 Å². The average molecular weight is 394 g/mol. The molecule has 1 aromatic carbocycles. The van der Waals surface area contributed by atoms with Gasteiger partial charge < -0.3 is 9.84 Å². The van der Waals surface area contributed by atoms with Crippen molar-refractivity contribution in [3.63, 3.8) is 0 Å². The summed E-state index contributed by atoms with van der Waals surface area (Å²) in [6.07, 6.45) is 5.75. The minimum absolute atomic E-state index is 0.178. The van der Waals surface area contributed by atoms with Gasteiger partial charge in [-0.2, -0.15) is 0 Å². The van der Waals surface area contributed by atoms with E-state index < -0.39 is 0 Å². The molecule has 0 aliphatic carbocycles. The summed E-state index contributed by atoms with van der Waals surface area (Å²) in [4.78, 5) is 7.03. The molecule has 4 heteroatoms. The van der Waals surface area contributed by atoms with Gasteiger partial charge in [0.15, 0.2) is 0 Å². The molecule has 3 aromatic rings. The zero-order valence-electron chi connectivity index (χ0n) is 17.0. The second-order valence-corrected chi connectivity index (χ2v) is 9.23. The molecule has 0 fully saturated rings. The van der Waals surface area contributed by atoms with Crippen LogP contribution in [0.2, 0.25) is 0 Å². The Morgan fingerprint density at radius 1 is 1.11 bits per heavy atom. The van der Waals surface area contributed by atoms with Crippen molar-refractivity contribution in [1.29, 1.82) is 0 Å². The van der Waals surface area contributed by atoms with E-state index in [1.54, 1.807) is 0 Å². The largest absolute Gasteiger partial charge is 0.507 e. The highest BCUT2D eigenvalue weighted by molar-refractivity contribution is 7.15. The topological polar surface area (TPSA) is 42.4 Å². The number of aromatic hydroxyl groups is 1. The number of phenolic OH excluding ortho intramolecular Hbond substituents is 1. The van der Waals surface area contributed by atoms with E-state index in [9.17, 15) is 5.11 Å². The van der Waals surface area contributed by atoms with E-state index in [1.165, 1.54) is 15.3 Å². The van der Waals surface area contributed by atoms with Gasteiger partial charge >= 0.3 is 0 Å². The number of fused-ring (bicyclic) bond motifs is 1. The number of phenols is 1. The van der Waals surface area contributed by atoms with Crippen LogP contribution in [-0.2, 0) is 12.8 Å². The highest BCUT2D eigenvalue weighted by Crippen LogP contribution is 2.44. The fraction of sp³-hybridized carbons (Fsp3) is 0.375. The maximum atomic E-state index is 10.4. The molecule has 146 valence electrons. The van der Waals surface area contributed by atoms with Crippen LogP contribution in [0.25, 0.3) is 10.6 Å². The first-order valence-corrected chi connectivity index (χ1v) is 10.7. The van der Waals surface area contributed by atoms with Crippen LogP contribution in [0, 0.1) is 20.8 Å². The summed E-state index contributed by atoms with van der Waals surface area (Å²) in [6, 6.07) is 10.4. The number of ether oxygens (including phenoxy) is 1. The zero-order chi connectivity index (χ0) is 19.9. The molecule has 0 saturated heterocycles. The minimum Gasteiger partial charge on any atom is -0.507 e. The Kier molecular flexibility index (Phi) is 4.92. The molecule has 3 nitrogen and oxygen atoms in total. The highest BCUT2D eigenvalue weighted by atomic mass is 32.1. The van der Waals surface area contributed by atoms with Gasteiger partial charge in [0, 0.05) is 16.6 Å². The van der Waals surface area contributed by atoms with Crippen molar-refractivity contribution in [3.05, 3.63) is 63.7 Å². The molecule has 1 N–H and O–H groups in total. The van der Waals surface area contributed by atoms with Gasteiger partial charge in [-0.3, -0.25) is 4.98 Å². The lowest BCUT2D eigenvalue weighted by Crippen LogP contribution is -2.37. The number of aryl methyl sites for hydroxylation is 1. The third kappa shape index (κ3) is 3.42. The Morgan fingerprint density at radius 3 is 2.68 bits per heavy atom. The molecule has 1 aliphatic heterocycles. The molecule has 2 aromatic heterocycles. The van der Waals surface area contributed by atoms with Crippen LogP contribution in [0.5, 0.6) is 11.5 Å². The van der Waals surface area contributed by atoms with Crippen LogP contribution < -0.4 is 4.74 Å². The quantitative estimate of drug-likeness (QED) is 0.577. The molecule has 4 rings (SSSR count). The van der Waals surface area contributed by atoms with Crippen molar-refractivity contribution in [2.75, 3.05) is 0 Å². The van der Waals surface area contributed by atoms with E-state index in [2.05, 4.69) is 37.0 Å². The van der Waals surface area contributed by atoms with E-state index in [0.29, 0.717) is 5.75 Å². The van der Waals surface area contributed by atoms with Gasteiger partial charge in [-0.25, -0.2) is 0 Å². The van der Waals surface area contributed by atoms with Gasteiger partial charge in [0.25, 0.3) is 0 Å². The number of pyridine rings is 1. The van der Waals surface area contributed by atoms with Crippen molar-refractivity contribution in [2.45, 2.75) is 59.0 Å². The predicted molar refractivity (Wildman–Crippen MR) is 116 cm³/mol. The first-order chi connectivity index (χ1) is 13.4. The normalized spacial score (nSPS) is 18.6. The molecule has 1 aliphatic rings. The van der Waals surface area contributed by atoms with Crippen LogP contribution in [-0.4, -0.2) is 15.7 Å². The standard InChI is InChI=1S/C24H27NO2S/c1-15-16(2)23-19(17(3)22(15)26)11-13-24(4,27-23)12-10-18-8-9-21(28-18)20-7-5-6-14-25-20/h5-9,14,26H,10-13H2,1-4H3. The monoisotopic (exact) mass is 393 g/mol. The van der Waals surface area contributed by atoms with Crippen LogP contribution in [0.1, 0.15) is 46.9 Å². The number of rotatable bonds is 4. The lowest BCUT2D eigenvalue weighted by atomic mass is 9.85. The molecule has 0 bridgehead atoms. The molecule has 1 atom stereocenters. The third-order valence-corrected chi connectivity index (χ3v) is 7.24. The van der Waals surface area contributed by atoms with E-state index in [-0.39, 0.29) is 5.60 Å². The van der Waals surface area contributed by atoms with Crippen molar-refractivity contribution in [1.82, 2.24) is 4.98 Å². The minimum atomic E-state index is -0.178. The van der Waals surface area contributed by atoms with Crippen molar-refractivity contribution in [3.8, 4) is 22.1 Å². The number of thiophene rings is 1. The Bertz CT molecular complexity index is 1010. The summed E-state index contributed by atoms with van der Waals surface area (Å²) in [5.74, 6) is 1.41. The van der Waals surface area contributed by atoms with Crippen molar-refractivity contribution >= 4 is 11.3 Å². The van der Waals surface area contributed by atoms with Crippen LogP contribution in [0.15, 0.2) is 36.5 Å². The van der Waals surface area contributed by atoms with E-state index in [0.717, 1.165) is 53.8 Å². The predicted octanol–water partition coefficient (Wildman–Crippen LogP) is 6.16. The summed E-state index contributed by atoms with van der Waals surface area (Å²) in [5.41, 5.74) is 5.00. The molecule has 0 amide bonds. The van der Waals surface area contributed by atoms with Crippen LogP contribution >= 0.6 is 11.3 Å². The van der Waals surface area contributed by atoms with E-state index in [4.69, 9.17) is 4.74 Å². The number of nitrogens with zero attached hydrogens (tertiary/aromatic N) is 1. The lowest BCUT2D eigenvalue weighted by Gasteiger charge is -2.38. The molecular formula is C24H27NO2S. The Labute approximate surface area is 171 Å².